The van der Waals surface area contributed by atoms with Crippen LogP contribution in [-0.4, -0.2) is 41.9 Å². The van der Waals surface area contributed by atoms with Gasteiger partial charge in [-0.15, -0.1) is 4.40 Å². The number of hydrogen-bond donors (Lipinski definition) is 1. The van der Waals surface area contributed by atoms with E-state index in [0.29, 0.717) is 5.70 Å². The second-order valence-electron chi connectivity index (χ2n) is 4.26. The van der Waals surface area contributed by atoms with Gasteiger partial charge >= 0.3 is 5.97 Å². The van der Waals surface area contributed by atoms with Gasteiger partial charge in [0.1, 0.15) is 4.91 Å². The van der Waals surface area contributed by atoms with Crippen molar-refractivity contribution in [3.8, 4) is 0 Å². The summed E-state index contributed by atoms with van der Waals surface area (Å²) in [6, 6.07) is 9.04. The van der Waals surface area contributed by atoms with E-state index in [9.17, 15) is 18.3 Å². The highest BCUT2D eigenvalue weighted by Gasteiger charge is 2.38. The molecule has 0 spiro atoms. The highest BCUT2D eigenvalue weighted by atomic mass is 32.2. The second kappa shape index (κ2) is 4.64. The number of thioether (sulfide) groups is 1. The van der Waals surface area contributed by atoms with Gasteiger partial charge in [-0.05, 0) is 17.3 Å². The fourth-order valence-electron chi connectivity index (χ4n) is 2.09. The Kier molecular flexibility index (Phi) is 3.06. The van der Waals surface area contributed by atoms with Crippen LogP contribution in [0.3, 0.4) is 0 Å². The Morgan fingerprint density at radius 2 is 2.00 bits per heavy atom. The fraction of sp³-hybridized carbons (Fsp3) is 0.167. The predicted octanol–water partition coefficient (Wildman–Crippen LogP) is 1.19. The van der Waals surface area contributed by atoms with Crippen LogP contribution in [0.25, 0.3) is 5.70 Å². The Labute approximate surface area is 119 Å². The average Bonchev–Trinajstić information content (AvgIpc) is 2.77. The molecule has 104 valence electrons. The van der Waals surface area contributed by atoms with E-state index in [1.165, 1.54) is 0 Å². The maximum absolute atomic E-state index is 11.5. The van der Waals surface area contributed by atoms with E-state index in [2.05, 4.69) is 4.40 Å². The molecule has 1 aromatic rings. The maximum Gasteiger partial charge on any atom is 0.344 e. The van der Waals surface area contributed by atoms with Gasteiger partial charge in [-0.25, -0.2) is 13.2 Å². The van der Waals surface area contributed by atoms with Crippen LogP contribution in [0.4, 0.5) is 0 Å². The quantitative estimate of drug-likeness (QED) is 0.883. The van der Waals surface area contributed by atoms with Gasteiger partial charge in [-0.2, -0.15) is 0 Å². The molecule has 2 heterocycles. The molecule has 1 N–H and O–H groups in total. The number of aliphatic carboxylic acids is 1. The topological polar surface area (TPSA) is 87.0 Å². The Morgan fingerprint density at radius 3 is 2.65 bits per heavy atom. The summed E-state index contributed by atoms with van der Waals surface area (Å²) >= 11 is 0.885. The van der Waals surface area contributed by atoms with Crippen molar-refractivity contribution in [1.29, 1.82) is 0 Å². The first kappa shape index (κ1) is 13.2. The van der Waals surface area contributed by atoms with Crippen molar-refractivity contribution in [2.24, 2.45) is 4.40 Å². The third-order valence-electron chi connectivity index (χ3n) is 2.94. The van der Waals surface area contributed by atoms with Crippen molar-refractivity contribution < 1.29 is 18.3 Å². The van der Waals surface area contributed by atoms with Gasteiger partial charge in [0.2, 0.25) is 0 Å². The minimum absolute atomic E-state index is 0.104. The van der Waals surface area contributed by atoms with E-state index in [4.69, 9.17) is 0 Å². The summed E-state index contributed by atoms with van der Waals surface area (Å²) in [7, 11) is -3.49. The molecule has 8 heteroatoms. The van der Waals surface area contributed by atoms with E-state index in [0.717, 1.165) is 17.3 Å². The van der Waals surface area contributed by atoms with Crippen LogP contribution >= 0.6 is 11.8 Å². The smallest absolute Gasteiger partial charge is 0.344 e. The van der Waals surface area contributed by atoms with Crippen LogP contribution in [-0.2, 0) is 14.8 Å². The minimum Gasteiger partial charge on any atom is -0.477 e. The maximum atomic E-state index is 11.5. The van der Waals surface area contributed by atoms with Crippen LogP contribution in [0.5, 0.6) is 0 Å². The van der Waals surface area contributed by atoms with Gasteiger partial charge in [-0.3, -0.25) is 0 Å². The highest BCUT2D eigenvalue weighted by Crippen LogP contribution is 2.41. The zero-order valence-corrected chi connectivity index (χ0v) is 11.8. The molecular weight excluding hydrogens is 300 g/mol. The first-order chi connectivity index (χ1) is 9.48. The van der Waals surface area contributed by atoms with Crippen LogP contribution in [0.2, 0.25) is 0 Å². The summed E-state index contributed by atoms with van der Waals surface area (Å²) < 4.78 is 26.7. The summed E-state index contributed by atoms with van der Waals surface area (Å²) in [5, 5.41) is 9.53. The number of nitrogens with zero attached hydrogens (tertiary/aromatic N) is 2. The molecule has 0 aromatic heterocycles. The van der Waals surface area contributed by atoms with E-state index < -0.39 is 16.0 Å². The molecule has 0 radical (unpaired) electrons. The molecule has 20 heavy (non-hydrogen) atoms. The Morgan fingerprint density at radius 1 is 1.30 bits per heavy atom. The molecule has 0 unspecified atom stereocenters. The van der Waals surface area contributed by atoms with Gasteiger partial charge < -0.3 is 10.0 Å². The normalized spacial score (nSPS) is 20.6. The molecule has 2 aliphatic rings. The van der Waals surface area contributed by atoms with Crippen molar-refractivity contribution in [1.82, 2.24) is 4.90 Å². The van der Waals surface area contributed by atoms with Crippen LogP contribution < -0.4 is 0 Å². The zero-order valence-electron chi connectivity index (χ0n) is 10.2. The van der Waals surface area contributed by atoms with Crippen LogP contribution in [0.15, 0.2) is 39.6 Å². The zero-order chi connectivity index (χ0) is 14.3. The summed E-state index contributed by atoms with van der Waals surface area (Å²) in [4.78, 5) is 13.1. The fourth-order valence-corrected chi connectivity index (χ4v) is 4.31. The first-order valence-electron chi connectivity index (χ1n) is 5.79. The standard InChI is InChI=1S/C12H10N2O4S2/c15-11(16)10-9(8-4-2-1-3-5-8)14-6-7-20(17,18)13-12(14)19-10/h1-5H,6-7H2,(H,15,16). The number of carboxylic acid groups (broad SMARTS) is 1. The van der Waals surface area contributed by atoms with Gasteiger partial charge in [0.05, 0.1) is 11.4 Å². The molecule has 3 rings (SSSR count). The minimum atomic E-state index is -3.49. The number of rotatable bonds is 2. The number of sulfonamides is 1. The molecule has 0 atom stereocenters. The lowest BCUT2D eigenvalue weighted by atomic mass is 10.1. The molecular formula is C12H10N2O4S2. The summed E-state index contributed by atoms with van der Waals surface area (Å²) in [5.74, 6) is -1.19. The molecule has 1 aromatic carbocycles. The van der Waals surface area contributed by atoms with E-state index >= 15 is 0 Å². The molecule has 0 amide bonds. The number of hydrogen-bond acceptors (Lipinski definition) is 5. The number of fused-ring (bicyclic) bond motifs is 1. The van der Waals surface area contributed by atoms with Crippen molar-refractivity contribution in [3.05, 3.63) is 40.8 Å². The van der Waals surface area contributed by atoms with Crippen molar-refractivity contribution in [3.63, 3.8) is 0 Å². The summed E-state index contributed by atoms with van der Waals surface area (Å²) in [6.45, 7) is 0.217. The van der Waals surface area contributed by atoms with E-state index in [1.807, 2.05) is 18.2 Å². The van der Waals surface area contributed by atoms with Gasteiger partial charge in [-0.1, -0.05) is 30.3 Å². The predicted molar refractivity (Wildman–Crippen MR) is 76.5 cm³/mol. The lowest BCUT2D eigenvalue weighted by Gasteiger charge is -2.24. The van der Waals surface area contributed by atoms with Gasteiger partial charge in [0.25, 0.3) is 10.0 Å². The number of carbonyl (C=O) groups is 1. The van der Waals surface area contributed by atoms with Crippen molar-refractivity contribution in [2.75, 3.05) is 12.3 Å². The van der Waals surface area contributed by atoms with E-state index in [-0.39, 0.29) is 22.4 Å². The first-order valence-corrected chi connectivity index (χ1v) is 8.21. The second-order valence-corrected chi connectivity index (χ2v) is 6.99. The molecule has 2 aliphatic heterocycles. The number of benzene rings is 1. The molecule has 0 aliphatic carbocycles. The third kappa shape index (κ3) is 2.20. The SMILES string of the molecule is O=C(O)C1=C(c2ccccc2)N2CCS(=O)(=O)N=C2S1. The van der Waals surface area contributed by atoms with Gasteiger partial charge in [0.15, 0.2) is 5.17 Å². The number of carboxylic acids is 1. The Bertz CT molecular complexity index is 738. The Hall–Kier alpha value is -1.80. The third-order valence-corrected chi connectivity index (χ3v) is 5.27. The lowest BCUT2D eigenvalue weighted by Crippen LogP contribution is -2.34. The Balaban J connectivity index is 2.14. The van der Waals surface area contributed by atoms with E-state index in [1.54, 1.807) is 17.0 Å². The monoisotopic (exact) mass is 310 g/mol. The summed E-state index contributed by atoms with van der Waals surface area (Å²) in [6.07, 6.45) is 0. The summed E-state index contributed by atoms with van der Waals surface area (Å²) in [5.41, 5.74) is 1.25. The van der Waals surface area contributed by atoms with Crippen LogP contribution in [0, 0.1) is 0 Å². The molecule has 0 fully saturated rings. The van der Waals surface area contributed by atoms with Gasteiger partial charge in [0, 0.05) is 6.54 Å². The molecule has 6 nitrogen and oxygen atoms in total. The van der Waals surface area contributed by atoms with Crippen molar-refractivity contribution in [2.45, 2.75) is 0 Å². The van der Waals surface area contributed by atoms with Crippen molar-refractivity contribution >= 4 is 38.6 Å². The lowest BCUT2D eigenvalue weighted by molar-refractivity contribution is -0.131. The molecule has 0 saturated carbocycles. The molecule has 0 bridgehead atoms. The molecule has 0 saturated heterocycles. The van der Waals surface area contributed by atoms with Crippen LogP contribution in [0.1, 0.15) is 5.56 Å². The highest BCUT2D eigenvalue weighted by molar-refractivity contribution is 8.19. The largest absolute Gasteiger partial charge is 0.477 e. The number of amidine groups is 1. The average molecular weight is 310 g/mol.